The van der Waals surface area contributed by atoms with Gasteiger partial charge in [-0.05, 0) is 36.3 Å². The fourth-order valence-corrected chi connectivity index (χ4v) is 3.15. The summed E-state index contributed by atoms with van der Waals surface area (Å²) in [7, 11) is 0. The van der Waals surface area contributed by atoms with Crippen molar-refractivity contribution in [2.24, 2.45) is 5.73 Å². The van der Waals surface area contributed by atoms with Gasteiger partial charge < -0.3 is 11.1 Å². The highest BCUT2D eigenvalue weighted by Gasteiger charge is 2.32. The maximum Gasteiger partial charge on any atom is 0.262 e. The molecule has 0 saturated heterocycles. The molecule has 3 nitrogen and oxygen atoms in total. The van der Waals surface area contributed by atoms with Crippen LogP contribution in [-0.4, -0.2) is 16.4 Å². The topological polar surface area (TPSA) is 55.1 Å². The van der Waals surface area contributed by atoms with Gasteiger partial charge in [-0.25, -0.2) is 0 Å². The minimum Gasteiger partial charge on any atom is -0.391 e. The molecule has 1 aromatic heterocycles. The number of amides is 1. The first-order valence-corrected chi connectivity index (χ1v) is 7.48. The monoisotopic (exact) mass is 284 g/mol. The lowest BCUT2D eigenvalue weighted by molar-refractivity contribution is 0.0923. The maximum atomic E-state index is 12.3. The Balaban J connectivity index is 2.95. The van der Waals surface area contributed by atoms with Crippen LogP contribution in [0, 0.1) is 0 Å². The van der Waals surface area contributed by atoms with Crippen molar-refractivity contribution in [2.45, 2.75) is 45.6 Å². The first kappa shape index (κ1) is 15.1. The van der Waals surface area contributed by atoms with E-state index in [2.05, 4.69) is 5.32 Å². The summed E-state index contributed by atoms with van der Waals surface area (Å²) in [6.45, 7) is 6.01. The summed E-state index contributed by atoms with van der Waals surface area (Å²) < 4.78 is 0. The third kappa shape index (κ3) is 2.90. The van der Waals surface area contributed by atoms with Crippen LogP contribution in [0.1, 0.15) is 48.8 Å². The van der Waals surface area contributed by atoms with Crippen molar-refractivity contribution in [3.05, 3.63) is 21.9 Å². The Labute approximate surface area is 118 Å². The lowest BCUT2D eigenvalue weighted by Crippen LogP contribution is -2.55. The summed E-state index contributed by atoms with van der Waals surface area (Å²) in [5.41, 5.74) is 6.29. The Morgan fingerprint density at radius 2 is 2.06 bits per heavy atom. The van der Waals surface area contributed by atoms with Gasteiger partial charge in [-0.15, -0.1) is 11.3 Å². The van der Waals surface area contributed by atoms with Gasteiger partial charge in [0.1, 0.15) is 0 Å². The maximum absolute atomic E-state index is 12.3. The number of aryl methyl sites for hydroxylation is 1. The van der Waals surface area contributed by atoms with Gasteiger partial charge in [0.25, 0.3) is 5.91 Å². The molecule has 0 aliphatic heterocycles. The summed E-state index contributed by atoms with van der Waals surface area (Å²) >= 11 is 6.56. The molecule has 3 N–H and O–H groups in total. The molecule has 18 heavy (non-hydrogen) atoms. The third-order valence-electron chi connectivity index (χ3n) is 3.37. The summed E-state index contributed by atoms with van der Waals surface area (Å²) in [6, 6.07) is 1.99. The fraction of sp³-hybridized carbons (Fsp3) is 0.538. The Morgan fingerprint density at radius 1 is 1.44 bits per heavy atom. The lowest BCUT2D eigenvalue weighted by Gasteiger charge is -2.31. The van der Waals surface area contributed by atoms with Crippen LogP contribution in [0.15, 0.2) is 11.4 Å². The Hall–Kier alpha value is -0.940. The number of hydrogen-bond donors (Lipinski definition) is 2. The van der Waals surface area contributed by atoms with Gasteiger partial charge in [-0.2, -0.15) is 0 Å². The van der Waals surface area contributed by atoms with E-state index >= 15 is 0 Å². The highest BCUT2D eigenvalue weighted by Crippen LogP contribution is 2.21. The van der Waals surface area contributed by atoms with Crippen molar-refractivity contribution < 1.29 is 4.79 Å². The Bertz CT molecular complexity index is 436. The molecule has 0 aliphatic rings. The molecule has 0 radical (unpaired) electrons. The van der Waals surface area contributed by atoms with E-state index < -0.39 is 5.54 Å². The second-order valence-corrected chi connectivity index (χ2v) is 5.59. The SMILES string of the molecule is CCc1ccsc1C(=O)NC(CC)(CC)C(N)=S. The number of nitrogens with one attached hydrogen (secondary N) is 1. The van der Waals surface area contributed by atoms with Gasteiger partial charge in [0.05, 0.1) is 15.4 Å². The highest BCUT2D eigenvalue weighted by molar-refractivity contribution is 7.80. The van der Waals surface area contributed by atoms with E-state index in [1.54, 1.807) is 0 Å². The van der Waals surface area contributed by atoms with E-state index in [4.69, 9.17) is 18.0 Å². The smallest absolute Gasteiger partial charge is 0.262 e. The molecule has 100 valence electrons. The van der Waals surface area contributed by atoms with Gasteiger partial charge in [-0.1, -0.05) is 33.0 Å². The minimum absolute atomic E-state index is 0.0710. The van der Waals surface area contributed by atoms with Crippen LogP contribution in [0.5, 0.6) is 0 Å². The fourth-order valence-electron chi connectivity index (χ4n) is 1.92. The quantitative estimate of drug-likeness (QED) is 0.790. The number of thiocarbonyl (C=S) groups is 1. The predicted molar refractivity (Wildman–Crippen MR) is 81.3 cm³/mol. The van der Waals surface area contributed by atoms with Crippen molar-refractivity contribution in [1.82, 2.24) is 5.32 Å². The average Bonchev–Trinajstić information content (AvgIpc) is 2.83. The molecular weight excluding hydrogens is 264 g/mol. The molecule has 0 aromatic carbocycles. The number of carbonyl (C=O) groups is 1. The minimum atomic E-state index is -0.568. The molecule has 0 aliphatic carbocycles. The molecule has 0 bridgehead atoms. The number of nitrogens with two attached hydrogens (primary N) is 1. The molecule has 5 heteroatoms. The van der Waals surface area contributed by atoms with Crippen LogP contribution in [0.25, 0.3) is 0 Å². The molecule has 0 atom stereocenters. The zero-order valence-corrected chi connectivity index (χ0v) is 12.7. The predicted octanol–water partition coefficient (Wildman–Crippen LogP) is 2.89. The van der Waals surface area contributed by atoms with Gasteiger partial charge in [0, 0.05) is 0 Å². The molecule has 0 unspecified atom stereocenters. The van der Waals surface area contributed by atoms with Crippen molar-refractivity contribution >= 4 is 34.5 Å². The van der Waals surface area contributed by atoms with E-state index in [0.29, 0.717) is 17.8 Å². The number of carbonyl (C=O) groups excluding carboxylic acids is 1. The van der Waals surface area contributed by atoms with Crippen LogP contribution < -0.4 is 11.1 Å². The van der Waals surface area contributed by atoms with E-state index in [-0.39, 0.29) is 5.91 Å². The highest BCUT2D eigenvalue weighted by atomic mass is 32.1. The van der Waals surface area contributed by atoms with Crippen LogP contribution in [0.2, 0.25) is 0 Å². The normalized spacial score (nSPS) is 11.3. The summed E-state index contributed by atoms with van der Waals surface area (Å²) in [5, 5.41) is 4.95. The molecule has 1 rings (SSSR count). The summed E-state index contributed by atoms with van der Waals surface area (Å²) in [4.78, 5) is 13.4. The number of rotatable bonds is 6. The van der Waals surface area contributed by atoms with Crippen LogP contribution in [-0.2, 0) is 6.42 Å². The largest absolute Gasteiger partial charge is 0.391 e. The van der Waals surface area contributed by atoms with Crippen molar-refractivity contribution in [3.63, 3.8) is 0 Å². The zero-order valence-electron chi connectivity index (χ0n) is 11.1. The molecule has 0 fully saturated rings. The summed E-state index contributed by atoms with van der Waals surface area (Å²) in [6.07, 6.45) is 2.26. The molecule has 0 spiro atoms. The van der Waals surface area contributed by atoms with Gasteiger partial charge in [-0.3, -0.25) is 4.79 Å². The molecule has 1 heterocycles. The number of hydrogen-bond acceptors (Lipinski definition) is 3. The van der Waals surface area contributed by atoms with E-state index in [1.807, 2.05) is 32.2 Å². The van der Waals surface area contributed by atoms with E-state index in [9.17, 15) is 4.79 Å². The van der Waals surface area contributed by atoms with Gasteiger partial charge in [0.15, 0.2) is 0 Å². The van der Waals surface area contributed by atoms with Crippen LogP contribution in [0.4, 0.5) is 0 Å². The zero-order chi connectivity index (χ0) is 13.8. The lowest BCUT2D eigenvalue weighted by atomic mass is 9.92. The first-order valence-electron chi connectivity index (χ1n) is 6.19. The van der Waals surface area contributed by atoms with Gasteiger partial charge >= 0.3 is 0 Å². The van der Waals surface area contributed by atoms with Crippen molar-refractivity contribution in [2.75, 3.05) is 0 Å². The second-order valence-electron chi connectivity index (χ2n) is 4.24. The summed E-state index contributed by atoms with van der Waals surface area (Å²) in [5.74, 6) is -0.0710. The van der Waals surface area contributed by atoms with E-state index in [1.165, 1.54) is 11.3 Å². The van der Waals surface area contributed by atoms with Crippen LogP contribution in [0.3, 0.4) is 0 Å². The Kier molecular flexibility index (Phi) is 5.28. The third-order valence-corrected chi connectivity index (χ3v) is 4.71. The van der Waals surface area contributed by atoms with Crippen LogP contribution >= 0.6 is 23.6 Å². The van der Waals surface area contributed by atoms with Crippen molar-refractivity contribution in [1.29, 1.82) is 0 Å². The van der Waals surface area contributed by atoms with Crippen molar-refractivity contribution in [3.8, 4) is 0 Å². The second kappa shape index (κ2) is 6.29. The van der Waals surface area contributed by atoms with E-state index in [0.717, 1.165) is 16.9 Å². The average molecular weight is 284 g/mol. The number of thiophene rings is 1. The molecule has 1 aromatic rings. The molecule has 1 amide bonds. The Morgan fingerprint density at radius 3 is 2.50 bits per heavy atom. The molecular formula is C13H20N2OS2. The standard InChI is InChI=1S/C13H20N2OS2/c1-4-9-7-8-18-10(9)11(16)15-13(5-2,6-3)12(14)17/h7-8H,4-6H2,1-3H3,(H2,14,17)(H,15,16). The molecule has 0 saturated carbocycles. The first-order chi connectivity index (χ1) is 8.50. The van der Waals surface area contributed by atoms with Gasteiger partial charge in [0.2, 0.25) is 0 Å².